The highest BCUT2D eigenvalue weighted by Gasteiger charge is 2.34. The maximum absolute atomic E-state index is 13.0. The number of H-pyrrole nitrogens is 1. The fourth-order valence-corrected chi connectivity index (χ4v) is 3.54. The van der Waals surface area contributed by atoms with E-state index in [4.69, 9.17) is 4.74 Å². The Morgan fingerprint density at radius 2 is 2.13 bits per heavy atom. The van der Waals surface area contributed by atoms with Crippen molar-refractivity contribution in [3.05, 3.63) is 52.8 Å². The average molecular weight is 311 g/mol. The third kappa shape index (κ3) is 2.55. The van der Waals surface area contributed by atoms with Gasteiger partial charge in [-0.2, -0.15) is 5.10 Å². The molecule has 0 spiro atoms. The summed E-state index contributed by atoms with van der Waals surface area (Å²) in [6.45, 7) is 3.16. The molecule has 2 aliphatic rings. The number of ether oxygens (including phenoxy) is 1. The first-order chi connectivity index (χ1) is 11.2. The van der Waals surface area contributed by atoms with Gasteiger partial charge < -0.3 is 9.64 Å². The van der Waals surface area contributed by atoms with Crippen LogP contribution in [0.3, 0.4) is 0 Å². The molecule has 1 aromatic carbocycles. The van der Waals surface area contributed by atoms with Crippen LogP contribution in [0.5, 0.6) is 0 Å². The van der Waals surface area contributed by atoms with Crippen LogP contribution in [0.4, 0.5) is 0 Å². The summed E-state index contributed by atoms with van der Waals surface area (Å²) >= 11 is 0. The molecule has 0 bridgehead atoms. The predicted molar refractivity (Wildman–Crippen MR) is 86.2 cm³/mol. The van der Waals surface area contributed by atoms with E-state index in [2.05, 4.69) is 22.3 Å². The molecule has 1 saturated heterocycles. The van der Waals surface area contributed by atoms with Gasteiger partial charge in [-0.05, 0) is 31.7 Å². The zero-order valence-electron chi connectivity index (χ0n) is 13.3. The Labute approximate surface area is 135 Å². The Hall–Kier alpha value is -2.14. The van der Waals surface area contributed by atoms with Crippen LogP contribution in [0.1, 0.15) is 46.8 Å². The fraction of sp³-hybridized carbons (Fsp3) is 0.444. The lowest BCUT2D eigenvalue weighted by atomic mass is 10.0. The van der Waals surface area contributed by atoms with Crippen LogP contribution >= 0.6 is 0 Å². The number of nitrogens with zero attached hydrogens (tertiary/aromatic N) is 2. The number of aromatic nitrogens is 2. The van der Waals surface area contributed by atoms with E-state index < -0.39 is 0 Å². The van der Waals surface area contributed by atoms with E-state index in [1.54, 1.807) is 0 Å². The summed E-state index contributed by atoms with van der Waals surface area (Å²) in [4.78, 5) is 14.9. The minimum Gasteiger partial charge on any atom is -0.370 e. The largest absolute Gasteiger partial charge is 0.370 e. The van der Waals surface area contributed by atoms with E-state index in [-0.39, 0.29) is 18.1 Å². The van der Waals surface area contributed by atoms with Gasteiger partial charge in [0.25, 0.3) is 5.91 Å². The Morgan fingerprint density at radius 1 is 1.30 bits per heavy atom. The van der Waals surface area contributed by atoms with Gasteiger partial charge >= 0.3 is 0 Å². The fourth-order valence-electron chi connectivity index (χ4n) is 3.54. The number of nitrogens with one attached hydrogen (secondary N) is 1. The number of carbonyl (C=O) groups is 1. The second kappa shape index (κ2) is 5.81. The Kier molecular flexibility index (Phi) is 3.65. The molecule has 5 nitrogen and oxygen atoms in total. The molecule has 1 aliphatic heterocycles. The number of carbonyl (C=O) groups excluding carboxylic acids is 1. The van der Waals surface area contributed by atoms with Crippen molar-refractivity contribution < 1.29 is 9.53 Å². The lowest BCUT2D eigenvalue weighted by Crippen LogP contribution is -2.48. The van der Waals surface area contributed by atoms with E-state index in [9.17, 15) is 4.79 Å². The van der Waals surface area contributed by atoms with Gasteiger partial charge in [-0.1, -0.05) is 30.3 Å². The zero-order valence-corrected chi connectivity index (χ0v) is 13.3. The van der Waals surface area contributed by atoms with Crippen LogP contribution in [0.25, 0.3) is 0 Å². The number of hydrogen-bond acceptors (Lipinski definition) is 3. The van der Waals surface area contributed by atoms with E-state index in [0.29, 0.717) is 18.8 Å². The first kappa shape index (κ1) is 14.5. The average Bonchev–Trinajstić information content (AvgIpc) is 3.19. The monoisotopic (exact) mass is 311 g/mol. The minimum atomic E-state index is -0.0664. The molecule has 1 amide bonds. The number of rotatable bonds is 2. The second-order valence-electron chi connectivity index (χ2n) is 6.42. The van der Waals surface area contributed by atoms with Crippen LogP contribution in [0.15, 0.2) is 30.3 Å². The Morgan fingerprint density at radius 3 is 2.96 bits per heavy atom. The summed E-state index contributed by atoms with van der Waals surface area (Å²) in [6.07, 6.45) is 2.99. The van der Waals surface area contributed by atoms with Crippen LogP contribution in [0, 0.1) is 0 Å². The molecule has 2 heterocycles. The van der Waals surface area contributed by atoms with Crippen LogP contribution in [0.2, 0.25) is 0 Å². The smallest absolute Gasteiger partial charge is 0.275 e. The highest BCUT2D eigenvalue weighted by atomic mass is 16.5. The van der Waals surface area contributed by atoms with Gasteiger partial charge in [0.2, 0.25) is 0 Å². The quantitative estimate of drug-likeness (QED) is 0.927. The lowest BCUT2D eigenvalue weighted by molar-refractivity contribution is -0.0488. The molecule has 2 aromatic rings. The maximum Gasteiger partial charge on any atom is 0.275 e. The van der Waals surface area contributed by atoms with Crippen molar-refractivity contribution in [1.82, 2.24) is 15.1 Å². The molecule has 5 heteroatoms. The number of fused-ring (bicyclic) bond motifs is 1. The summed E-state index contributed by atoms with van der Waals surface area (Å²) < 4.78 is 5.94. The predicted octanol–water partition coefficient (Wildman–Crippen LogP) is 2.50. The molecule has 2 atom stereocenters. The van der Waals surface area contributed by atoms with Crippen molar-refractivity contribution in [2.75, 3.05) is 13.2 Å². The Balaban J connectivity index is 1.58. The van der Waals surface area contributed by atoms with Gasteiger partial charge in [-0.25, -0.2) is 0 Å². The maximum atomic E-state index is 13.0. The number of hydrogen-bond donors (Lipinski definition) is 1. The van der Waals surface area contributed by atoms with Crippen LogP contribution in [-0.4, -0.2) is 40.2 Å². The first-order valence-electron chi connectivity index (χ1n) is 8.27. The number of morpholine rings is 1. The molecule has 1 aliphatic carbocycles. The molecule has 4 rings (SSSR count). The van der Waals surface area contributed by atoms with Crippen LogP contribution < -0.4 is 0 Å². The summed E-state index contributed by atoms with van der Waals surface area (Å²) in [6, 6.07) is 10.2. The van der Waals surface area contributed by atoms with E-state index >= 15 is 0 Å². The topological polar surface area (TPSA) is 58.2 Å². The van der Waals surface area contributed by atoms with E-state index in [0.717, 1.165) is 36.1 Å². The molecule has 0 radical (unpaired) electrons. The summed E-state index contributed by atoms with van der Waals surface area (Å²) in [5.74, 6) is 0.0288. The zero-order chi connectivity index (χ0) is 15.8. The SMILES string of the molecule is C[C@@H]1CO[C@H](c2ccccc2)CN1C(=O)c1n[nH]c2c1CCC2. The molecule has 0 saturated carbocycles. The number of benzene rings is 1. The number of aryl methyl sites for hydroxylation is 1. The number of aromatic amines is 1. The molecule has 23 heavy (non-hydrogen) atoms. The van der Waals surface area contributed by atoms with Gasteiger partial charge in [-0.15, -0.1) is 0 Å². The van der Waals surface area contributed by atoms with Crippen molar-refractivity contribution in [3.8, 4) is 0 Å². The van der Waals surface area contributed by atoms with Crippen molar-refractivity contribution >= 4 is 5.91 Å². The number of amides is 1. The van der Waals surface area contributed by atoms with Crippen molar-refractivity contribution in [3.63, 3.8) is 0 Å². The van der Waals surface area contributed by atoms with E-state index in [1.807, 2.05) is 30.0 Å². The van der Waals surface area contributed by atoms with Gasteiger partial charge in [0, 0.05) is 11.3 Å². The minimum absolute atomic E-state index is 0.0288. The summed E-state index contributed by atoms with van der Waals surface area (Å²) in [5.41, 5.74) is 3.97. The molecule has 120 valence electrons. The van der Waals surface area contributed by atoms with Crippen molar-refractivity contribution in [1.29, 1.82) is 0 Å². The van der Waals surface area contributed by atoms with Gasteiger partial charge in [0.05, 0.1) is 19.2 Å². The highest BCUT2D eigenvalue weighted by Crippen LogP contribution is 2.28. The Bertz CT molecular complexity index is 710. The molecule has 1 aromatic heterocycles. The normalized spacial score (nSPS) is 23.8. The molecule has 1 N–H and O–H groups in total. The highest BCUT2D eigenvalue weighted by molar-refractivity contribution is 5.94. The van der Waals surface area contributed by atoms with Crippen molar-refractivity contribution in [2.24, 2.45) is 0 Å². The summed E-state index contributed by atoms with van der Waals surface area (Å²) in [5, 5.41) is 7.32. The van der Waals surface area contributed by atoms with Gasteiger partial charge in [0.15, 0.2) is 5.69 Å². The van der Waals surface area contributed by atoms with Crippen molar-refractivity contribution in [2.45, 2.75) is 38.3 Å². The van der Waals surface area contributed by atoms with Gasteiger partial charge in [-0.3, -0.25) is 9.89 Å². The summed E-state index contributed by atoms with van der Waals surface area (Å²) in [7, 11) is 0. The van der Waals surface area contributed by atoms with E-state index in [1.165, 1.54) is 0 Å². The lowest BCUT2D eigenvalue weighted by Gasteiger charge is -2.38. The third-order valence-electron chi connectivity index (χ3n) is 4.87. The van der Waals surface area contributed by atoms with Gasteiger partial charge in [0.1, 0.15) is 6.10 Å². The standard InChI is InChI=1S/C18H21N3O2/c1-12-11-23-16(13-6-3-2-4-7-13)10-21(12)18(22)17-14-8-5-9-15(14)19-20-17/h2-4,6-7,12,16H,5,8-11H2,1H3,(H,19,20)/t12-,16+/m1/s1. The molecular weight excluding hydrogens is 290 g/mol. The molecule has 0 unspecified atom stereocenters. The second-order valence-corrected chi connectivity index (χ2v) is 6.42. The molecular formula is C18H21N3O2. The first-order valence-corrected chi connectivity index (χ1v) is 8.27. The van der Waals surface area contributed by atoms with Crippen LogP contribution in [-0.2, 0) is 17.6 Å². The molecule has 1 fully saturated rings. The third-order valence-corrected chi connectivity index (χ3v) is 4.87.